The number of rotatable bonds is 8. The molecule has 0 aliphatic carbocycles. The number of piperazine rings is 1. The number of H-pyrrole nitrogens is 1. The molecule has 1 fully saturated rings. The highest BCUT2D eigenvalue weighted by atomic mass is 16.5. The van der Waals surface area contributed by atoms with Crippen molar-refractivity contribution in [2.24, 2.45) is 0 Å². The lowest BCUT2D eigenvalue weighted by molar-refractivity contribution is -0.139. The van der Waals surface area contributed by atoms with Crippen molar-refractivity contribution in [1.29, 1.82) is 5.26 Å². The minimum Gasteiger partial charge on any atom is -0.469 e. The second kappa shape index (κ2) is 10.9. The van der Waals surface area contributed by atoms with E-state index >= 15 is 0 Å². The summed E-state index contributed by atoms with van der Waals surface area (Å²) in [7, 11) is 1.30. The molecule has 3 heterocycles. The van der Waals surface area contributed by atoms with Gasteiger partial charge >= 0.3 is 11.6 Å². The Balaban J connectivity index is 1.13. The summed E-state index contributed by atoms with van der Waals surface area (Å²) in [4.78, 5) is 31.9. The lowest BCUT2D eigenvalue weighted by Gasteiger charge is -2.36. The fourth-order valence-corrected chi connectivity index (χ4v) is 5.04. The number of nitrogens with one attached hydrogen (secondary N) is 1. The molecule has 0 bridgehead atoms. The first-order valence-corrected chi connectivity index (χ1v) is 12.6. The van der Waals surface area contributed by atoms with Crippen molar-refractivity contribution >= 4 is 33.5 Å². The van der Waals surface area contributed by atoms with E-state index in [1.165, 1.54) is 12.7 Å². The number of benzene rings is 2. The molecule has 0 spiro atoms. The predicted molar refractivity (Wildman–Crippen MR) is 143 cm³/mol. The molecule has 0 radical (unpaired) electrons. The third-order valence-electron chi connectivity index (χ3n) is 7.15. The highest BCUT2D eigenvalue weighted by Gasteiger charge is 2.18. The van der Waals surface area contributed by atoms with Gasteiger partial charge in [0.2, 0.25) is 0 Å². The number of aromatic amines is 1. The third-order valence-corrected chi connectivity index (χ3v) is 7.15. The molecule has 8 heteroatoms. The summed E-state index contributed by atoms with van der Waals surface area (Å²) >= 11 is 0. The van der Waals surface area contributed by atoms with Crippen LogP contribution in [0.5, 0.6) is 0 Å². The summed E-state index contributed by atoms with van der Waals surface area (Å²) in [6, 6.07) is 15.6. The Labute approximate surface area is 215 Å². The van der Waals surface area contributed by atoms with Crippen molar-refractivity contribution in [2.45, 2.75) is 25.7 Å². The Morgan fingerprint density at radius 2 is 1.92 bits per heavy atom. The monoisotopic (exact) mass is 498 g/mol. The van der Waals surface area contributed by atoms with Crippen LogP contribution < -0.4 is 10.5 Å². The highest BCUT2D eigenvalue weighted by Crippen LogP contribution is 2.24. The van der Waals surface area contributed by atoms with Gasteiger partial charge in [0.05, 0.1) is 25.2 Å². The number of aryl methyl sites for hydroxylation is 1. The molecule has 2 aromatic heterocycles. The number of nitrogens with zero attached hydrogens (tertiary/aromatic N) is 3. The minimum absolute atomic E-state index is 0.0983. The van der Waals surface area contributed by atoms with Crippen molar-refractivity contribution in [1.82, 2.24) is 9.88 Å². The van der Waals surface area contributed by atoms with E-state index in [1.807, 2.05) is 36.4 Å². The van der Waals surface area contributed by atoms with Crippen molar-refractivity contribution in [3.8, 4) is 6.07 Å². The molecule has 1 saturated heterocycles. The first-order valence-electron chi connectivity index (χ1n) is 12.6. The molecule has 1 N–H and O–H groups in total. The average molecular weight is 499 g/mol. The van der Waals surface area contributed by atoms with E-state index in [1.54, 1.807) is 6.07 Å². The molecule has 5 rings (SSSR count). The predicted octanol–water partition coefficient (Wildman–Crippen LogP) is 4.01. The smallest absolute Gasteiger partial charge is 0.340 e. The number of esters is 1. The number of ether oxygens (including phenoxy) is 1. The summed E-state index contributed by atoms with van der Waals surface area (Å²) in [5, 5.41) is 11.1. The lowest BCUT2D eigenvalue weighted by atomic mass is 10.0. The minimum atomic E-state index is -0.504. The Hall–Kier alpha value is -4.09. The summed E-state index contributed by atoms with van der Waals surface area (Å²) in [5.74, 6) is -0.464. The lowest BCUT2D eigenvalue weighted by Crippen LogP contribution is -2.46. The number of nitriles is 1. The van der Waals surface area contributed by atoms with E-state index in [9.17, 15) is 14.9 Å². The van der Waals surface area contributed by atoms with E-state index in [4.69, 9.17) is 4.42 Å². The molecule has 190 valence electrons. The highest BCUT2D eigenvalue weighted by molar-refractivity contribution is 5.84. The van der Waals surface area contributed by atoms with Gasteiger partial charge in [0, 0.05) is 59.9 Å². The normalized spacial score (nSPS) is 14.2. The molecule has 0 amide bonds. The van der Waals surface area contributed by atoms with Crippen LogP contribution in [0.2, 0.25) is 0 Å². The van der Waals surface area contributed by atoms with Crippen LogP contribution in [-0.2, 0) is 22.4 Å². The van der Waals surface area contributed by atoms with Crippen LogP contribution in [0.3, 0.4) is 0 Å². The fraction of sp³-hybridized carbons (Fsp3) is 0.345. The number of hydrogen-bond donors (Lipinski definition) is 1. The molecule has 37 heavy (non-hydrogen) atoms. The molecule has 1 aliphatic rings. The molecule has 4 aromatic rings. The van der Waals surface area contributed by atoms with Crippen LogP contribution in [0.25, 0.3) is 21.9 Å². The molecule has 0 unspecified atom stereocenters. The first-order chi connectivity index (χ1) is 18.0. The van der Waals surface area contributed by atoms with Crippen LogP contribution in [0, 0.1) is 11.3 Å². The number of anilines is 1. The number of aromatic nitrogens is 1. The summed E-state index contributed by atoms with van der Waals surface area (Å²) in [6.07, 6.45) is 5.20. The standard InChI is InChI=1S/C29H30N4O4/c1-36-28(34)17-23-15-22-16-24(6-8-27(22)37-29(23)35)33-12-10-32(11-13-33)9-3-2-4-21-19-31-26-7-5-20(18-30)14-25(21)26/h5-8,14-16,19,31H,2-4,9-13,17H2,1H3. The second-order valence-corrected chi connectivity index (χ2v) is 9.51. The maximum atomic E-state index is 12.2. The van der Waals surface area contributed by atoms with E-state index in [0.29, 0.717) is 16.7 Å². The van der Waals surface area contributed by atoms with E-state index in [2.05, 4.69) is 31.8 Å². The third kappa shape index (κ3) is 5.52. The van der Waals surface area contributed by atoms with E-state index in [-0.39, 0.29) is 6.42 Å². The number of fused-ring (bicyclic) bond motifs is 2. The van der Waals surface area contributed by atoms with Gasteiger partial charge in [-0.05, 0) is 73.8 Å². The summed E-state index contributed by atoms with van der Waals surface area (Å²) in [5.41, 5.74) is 4.46. The molecule has 2 aromatic carbocycles. The number of carbonyl (C=O) groups is 1. The first kappa shape index (κ1) is 24.6. The van der Waals surface area contributed by atoms with Crippen molar-refractivity contribution in [3.63, 3.8) is 0 Å². The van der Waals surface area contributed by atoms with Gasteiger partial charge in [0.25, 0.3) is 0 Å². The molecule has 8 nitrogen and oxygen atoms in total. The Morgan fingerprint density at radius 1 is 1.08 bits per heavy atom. The van der Waals surface area contributed by atoms with Crippen molar-refractivity contribution in [3.05, 3.63) is 75.8 Å². The van der Waals surface area contributed by atoms with E-state index in [0.717, 1.165) is 74.0 Å². The van der Waals surface area contributed by atoms with Crippen molar-refractivity contribution in [2.75, 3.05) is 44.7 Å². The molecular formula is C29H30N4O4. The second-order valence-electron chi connectivity index (χ2n) is 9.51. The number of unbranched alkanes of at least 4 members (excludes halogenated alkanes) is 1. The van der Waals surface area contributed by atoms with Gasteiger partial charge < -0.3 is 19.0 Å². The van der Waals surface area contributed by atoms with Crippen LogP contribution in [0.15, 0.2) is 57.9 Å². The SMILES string of the molecule is COC(=O)Cc1cc2cc(N3CCN(CCCCc4c[nH]c5ccc(C#N)cc45)CC3)ccc2oc1=O. The van der Waals surface area contributed by atoms with Gasteiger partial charge in [0.1, 0.15) is 5.58 Å². The maximum absolute atomic E-state index is 12.2. The molecule has 0 atom stereocenters. The van der Waals surface area contributed by atoms with Crippen LogP contribution in [-0.4, -0.2) is 55.7 Å². The zero-order chi connectivity index (χ0) is 25.8. The molecule has 1 aliphatic heterocycles. The van der Waals surface area contributed by atoms with Gasteiger partial charge in [-0.3, -0.25) is 9.69 Å². The Morgan fingerprint density at radius 3 is 2.70 bits per heavy atom. The van der Waals surface area contributed by atoms with Gasteiger partial charge in [-0.15, -0.1) is 0 Å². The van der Waals surface area contributed by atoms with Gasteiger partial charge in [-0.25, -0.2) is 4.79 Å². The maximum Gasteiger partial charge on any atom is 0.340 e. The van der Waals surface area contributed by atoms with Crippen LogP contribution in [0.1, 0.15) is 29.5 Å². The Kier molecular flexibility index (Phi) is 7.24. The van der Waals surface area contributed by atoms with E-state index < -0.39 is 11.6 Å². The van der Waals surface area contributed by atoms with Gasteiger partial charge in [0.15, 0.2) is 0 Å². The van der Waals surface area contributed by atoms with Crippen LogP contribution in [0.4, 0.5) is 5.69 Å². The zero-order valence-corrected chi connectivity index (χ0v) is 21.0. The molecule has 0 saturated carbocycles. The Bertz CT molecular complexity index is 1520. The molecular weight excluding hydrogens is 468 g/mol. The zero-order valence-electron chi connectivity index (χ0n) is 21.0. The van der Waals surface area contributed by atoms with Gasteiger partial charge in [-0.1, -0.05) is 0 Å². The number of methoxy groups -OCH3 is 1. The van der Waals surface area contributed by atoms with Gasteiger partial charge in [-0.2, -0.15) is 5.26 Å². The summed E-state index contributed by atoms with van der Waals surface area (Å²) in [6.45, 7) is 4.91. The topological polar surface area (TPSA) is 103 Å². The number of carbonyl (C=O) groups excluding carboxylic acids is 1. The summed E-state index contributed by atoms with van der Waals surface area (Å²) < 4.78 is 10.1. The van der Waals surface area contributed by atoms with Crippen molar-refractivity contribution < 1.29 is 13.9 Å². The van der Waals surface area contributed by atoms with Crippen LogP contribution >= 0.6 is 0 Å². The number of hydrogen-bond acceptors (Lipinski definition) is 7. The largest absolute Gasteiger partial charge is 0.469 e. The average Bonchev–Trinajstić information content (AvgIpc) is 3.33. The fourth-order valence-electron chi connectivity index (χ4n) is 5.04. The quantitative estimate of drug-likeness (QED) is 0.222.